The quantitative estimate of drug-likeness (QED) is 0.147. The minimum atomic E-state index is 0.521. The third kappa shape index (κ3) is 6.70. The maximum Gasteiger partial charge on any atom is 0.0547 e. The van der Waals surface area contributed by atoms with Crippen LogP contribution in [0.4, 0.5) is 0 Å². The smallest absolute Gasteiger partial charge is 0.0547 e. The van der Waals surface area contributed by atoms with Gasteiger partial charge in [-0.2, -0.15) is 0 Å². The zero-order chi connectivity index (χ0) is 51.7. The molecule has 0 atom stereocenters. The third-order valence-corrected chi connectivity index (χ3v) is 19.0. The van der Waals surface area contributed by atoms with Crippen LogP contribution in [0.5, 0.6) is 0 Å². The molecule has 0 spiro atoms. The predicted molar refractivity (Wildman–Crippen MR) is 341 cm³/mol. The van der Waals surface area contributed by atoms with Crippen molar-refractivity contribution < 1.29 is 0 Å². The second-order valence-corrected chi connectivity index (χ2v) is 23.1. The van der Waals surface area contributed by atoms with Crippen molar-refractivity contribution in [2.24, 2.45) is 0 Å². The molecule has 0 unspecified atom stereocenters. The van der Waals surface area contributed by atoms with Crippen molar-refractivity contribution in [3.63, 3.8) is 0 Å². The lowest BCUT2D eigenvalue weighted by Crippen LogP contribution is -2.12. The highest BCUT2D eigenvalue weighted by atomic mass is 32.1. The molecule has 3 aromatic heterocycles. The van der Waals surface area contributed by atoms with Gasteiger partial charge in [-0.15, -0.1) is 11.3 Å². The maximum absolute atomic E-state index is 2.70. The minimum absolute atomic E-state index is 0.521. The number of fused-ring (bicyclic) bond motifs is 13. The maximum atomic E-state index is 2.70. The lowest BCUT2D eigenvalue weighted by atomic mass is 9.85. The molecule has 3 heterocycles. The second kappa shape index (κ2) is 17.6. The van der Waals surface area contributed by atoms with Crippen LogP contribution in [-0.2, 0) is 0 Å². The number of para-hydroxylation sites is 3. The molecule has 16 aromatic rings. The van der Waals surface area contributed by atoms with Crippen LogP contribution in [-0.4, -0.2) is 9.13 Å². The largest absolute Gasteiger partial charge is 0.337 e. The fraction of sp³-hybridized carbons (Fsp3) is 0.0789. The Labute approximate surface area is 461 Å². The molecule has 3 heteroatoms. The van der Waals surface area contributed by atoms with Gasteiger partial charge in [0.1, 0.15) is 0 Å². The molecule has 13 aromatic carbocycles. The van der Waals surface area contributed by atoms with E-state index in [1.54, 1.807) is 0 Å². The minimum Gasteiger partial charge on any atom is -0.337 e. The van der Waals surface area contributed by atoms with Gasteiger partial charge in [0, 0.05) is 70.0 Å². The van der Waals surface area contributed by atoms with E-state index in [0.29, 0.717) is 6.04 Å². The van der Waals surface area contributed by atoms with Gasteiger partial charge in [-0.25, -0.2) is 0 Å². The summed E-state index contributed by atoms with van der Waals surface area (Å²) in [6.07, 6.45) is 6.42. The Kier molecular flexibility index (Phi) is 10.00. The molecule has 79 heavy (non-hydrogen) atoms. The normalized spacial score (nSPS) is 13.5. The van der Waals surface area contributed by atoms with Crippen LogP contribution in [0, 0.1) is 0 Å². The Morgan fingerprint density at radius 3 is 1.28 bits per heavy atom. The molecule has 372 valence electrons. The van der Waals surface area contributed by atoms with Gasteiger partial charge in [-0.1, -0.05) is 226 Å². The molecule has 1 saturated carbocycles. The Balaban J connectivity index is 0.840. The summed E-state index contributed by atoms with van der Waals surface area (Å²) in [5.41, 5.74) is 16.5. The van der Waals surface area contributed by atoms with Gasteiger partial charge in [-0.05, 0) is 137 Å². The highest BCUT2D eigenvalue weighted by molar-refractivity contribution is 7.26. The second-order valence-electron chi connectivity index (χ2n) is 22.0. The van der Waals surface area contributed by atoms with Crippen molar-refractivity contribution in [3.05, 3.63) is 249 Å². The van der Waals surface area contributed by atoms with E-state index in [2.05, 4.69) is 258 Å². The van der Waals surface area contributed by atoms with Crippen molar-refractivity contribution in [3.8, 4) is 50.2 Å². The zero-order valence-corrected chi connectivity index (χ0v) is 44.4. The summed E-state index contributed by atoms with van der Waals surface area (Å²) >= 11 is 1.94. The molecule has 0 N–H and O–H groups in total. The molecule has 1 aliphatic rings. The van der Waals surface area contributed by atoms with Crippen LogP contribution in [0.2, 0.25) is 0 Å². The molecule has 0 amide bonds. The number of aromatic nitrogens is 2. The number of hydrogen-bond acceptors (Lipinski definition) is 1. The van der Waals surface area contributed by atoms with E-state index in [1.807, 2.05) is 11.3 Å². The first-order valence-corrected chi connectivity index (χ1v) is 29.0. The van der Waals surface area contributed by atoms with Crippen LogP contribution in [0.15, 0.2) is 249 Å². The summed E-state index contributed by atoms with van der Waals surface area (Å²) in [7, 11) is 0. The van der Waals surface area contributed by atoms with Crippen molar-refractivity contribution in [1.29, 1.82) is 0 Å². The standard InChI is InChI=1S/C76H52N2S/c1-3-20-50(21-4-1)77-67-36-17-15-24-52(67)54-41-38-47(44-69(54)77)72-57-26-7-9-28-59(57)74(60-29-10-8-27-58(60)72)49-40-43-56-65-34-19-35-66(76(65)79-71(56)46-49)75-63-32-13-11-30-61(63)73(62-31-12-14-33-64(62)75)48-39-42-55-53-25-16-18-37-68(53)78(70(55)45-48)51-22-5-2-6-23-51/h1,3-4,7-21,24-46,51H,2,5-6,22-23H2. The number of benzene rings is 13. The number of thiophene rings is 1. The van der Waals surface area contributed by atoms with Gasteiger partial charge >= 0.3 is 0 Å². The van der Waals surface area contributed by atoms with Gasteiger partial charge in [0.05, 0.1) is 11.0 Å². The third-order valence-electron chi connectivity index (χ3n) is 17.8. The summed E-state index contributed by atoms with van der Waals surface area (Å²) in [6.45, 7) is 0. The Hall–Kier alpha value is -9.28. The SMILES string of the molecule is c1ccc(-n2c3ccccc3c3ccc(-c4c5ccccc5c(-c5ccc6c(c5)sc5c(-c7c8ccccc8c(-c8ccc9c%10ccccc%10n(C%10CCCCC%10)c9c8)c8ccccc78)cccc56)c5ccccc45)cc32)cc1. The molecule has 0 aliphatic heterocycles. The topological polar surface area (TPSA) is 9.86 Å². The van der Waals surface area contributed by atoms with Crippen molar-refractivity contribution in [2.45, 2.75) is 38.1 Å². The molecule has 1 fully saturated rings. The molecule has 0 saturated heterocycles. The molecule has 0 radical (unpaired) electrons. The number of nitrogens with zero attached hydrogens (tertiary/aromatic N) is 2. The molecule has 17 rings (SSSR count). The Morgan fingerprint density at radius 2 is 0.709 bits per heavy atom. The molecular weight excluding hydrogens is 973 g/mol. The Morgan fingerprint density at radius 1 is 0.291 bits per heavy atom. The van der Waals surface area contributed by atoms with Crippen LogP contribution in [0.3, 0.4) is 0 Å². The van der Waals surface area contributed by atoms with Gasteiger partial charge in [0.15, 0.2) is 0 Å². The first-order chi connectivity index (χ1) is 39.2. The van der Waals surface area contributed by atoms with Crippen LogP contribution >= 0.6 is 11.3 Å². The average molecular weight is 1030 g/mol. The number of hydrogen-bond donors (Lipinski definition) is 0. The molecular formula is C76H52N2S. The monoisotopic (exact) mass is 1020 g/mol. The highest BCUT2D eigenvalue weighted by Crippen LogP contribution is 2.51. The van der Waals surface area contributed by atoms with Gasteiger partial charge in [-0.3, -0.25) is 0 Å². The van der Waals surface area contributed by atoms with Gasteiger partial charge < -0.3 is 9.13 Å². The van der Waals surface area contributed by atoms with E-state index in [4.69, 9.17) is 0 Å². The predicted octanol–water partition coefficient (Wildman–Crippen LogP) is 22.0. The highest BCUT2D eigenvalue weighted by Gasteiger charge is 2.25. The van der Waals surface area contributed by atoms with Crippen molar-refractivity contribution in [1.82, 2.24) is 9.13 Å². The van der Waals surface area contributed by atoms with E-state index in [-0.39, 0.29) is 0 Å². The summed E-state index contributed by atoms with van der Waals surface area (Å²) < 4.78 is 7.75. The van der Waals surface area contributed by atoms with Crippen LogP contribution < -0.4 is 0 Å². The van der Waals surface area contributed by atoms with Crippen molar-refractivity contribution in [2.75, 3.05) is 0 Å². The average Bonchev–Trinajstić information content (AvgIpc) is 4.37. The van der Waals surface area contributed by atoms with E-state index in [0.717, 1.165) is 5.69 Å². The fourth-order valence-electron chi connectivity index (χ4n) is 14.5. The van der Waals surface area contributed by atoms with Gasteiger partial charge in [0.25, 0.3) is 0 Å². The zero-order valence-electron chi connectivity index (χ0n) is 43.6. The summed E-state index contributed by atoms with van der Waals surface area (Å²) in [5.74, 6) is 0. The first-order valence-electron chi connectivity index (χ1n) is 28.2. The molecule has 2 nitrogen and oxygen atoms in total. The summed E-state index contributed by atoms with van der Waals surface area (Å²) in [5, 5.41) is 18.0. The summed E-state index contributed by atoms with van der Waals surface area (Å²) in [6, 6.07) is 94.4. The first kappa shape index (κ1) is 44.8. The fourth-order valence-corrected chi connectivity index (χ4v) is 15.8. The van der Waals surface area contributed by atoms with E-state index in [1.165, 1.54) is 183 Å². The van der Waals surface area contributed by atoms with Crippen molar-refractivity contribution >= 4 is 118 Å². The van der Waals surface area contributed by atoms with E-state index < -0.39 is 0 Å². The lowest BCUT2D eigenvalue weighted by molar-refractivity contribution is 0.367. The van der Waals surface area contributed by atoms with E-state index >= 15 is 0 Å². The summed E-state index contributed by atoms with van der Waals surface area (Å²) in [4.78, 5) is 0. The molecule has 0 bridgehead atoms. The van der Waals surface area contributed by atoms with Gasteiger partial charge in [0.2, 0.25) is 0 Å². The Bertz CT molecular complexity index is 5060. The van der Waals surface area contributed by atoms with Crippen LogP contribution in [0.1, 0.15) is 38.1 Å². The van der Waals surface area contributed by atoms with E-state index in [9.17, 15) is 0 Å². The molecule has 1 aliphatic carbocycles. The lowest BCUT2D eigenvalue weighted by Gasteiger charge is -2.25. The number of rotatable bonds is 6. The van der Waals surface area contributed by atoms with Crippen LogP contribution in [0.25, 0.3) is 157 Å².